The lowest BCUT2D eigenvalue weighted by Crippen LogP contribution is -2.35. The van der Waals surface area contributed by atoms with E-state index in [0.29, 0.717) is 22.2 Å². The van der Waals surface area contributed by atoms with Crippen molar-refractivity contribution < 1.29 is 15.0 Å². The summed E-state index contributed by atoms with van der Waals surface area (Å²) in [6.07, 6.45) is 1.60. The van der Waals surface area contributed by atoms with Crippen LogP contribution in [-0.4, -0.2) is 21.1 Å². The highest BCUT2D eigenvalue weighted by Gasteiger charge is 2.48. The van der Waals surface area contributed by atoms with E-state index in [2.05, 4.69) is 26.2 Å². The summed E-state index contributed by atoms with van der Waals surface area (Å²) in [6, 6.07) is 10.0. The summed E-state index contributed by atoms with van der Waals surface area (Å²) in [4.78, 5) is 15.5. The van der Waals surface area contributed by atoms with Gasteiger partial charge in [-0.3, -0.25) is 4.79 Å². The number of fused-ring (bicyclic) bond motifs is 2. The number of hydrogen-bond donors (Lipinski definition) is 4. The molecule has 4 rings (SSSR count). The first kappa shape index (κ1) is 13.4. The fourth-order valence-electron chi connectivity index (χ4n) is 2.94. The van der Waals surface area contributed by atoms with Crippen LogP contribution < -0.4 is 5.32 Å². The van der Waals surface area contributed by atoms with E-state index in [9.17, 15) is 15.0 Å². The Hall–Kier alpha value is -2.31. The number of H-pyrrole nitrogens is 1. The van der Waals surface area contributed by atoms with Crippen LogP contribution in [0.25, 0.3) is 10.9 Å². The summed E-state index contributed by atoms with van der Waals surface area (Å²) >= 11 is 3.36. The number of amides is 1. The van der Waals surface area contributed by atoms with Crippen LogP contribution in [0.5, 0.6) is 5.75 Å². The minimum atomic E-state index is -1.80. The number of benzene rings is 2. The van der Waals surface area contributed by atoms with Crippen LogP contribution in [0.3, 0.4) is 0 Å². The SMILES string of the molecule is O=C1Nc2ccc(Br)cc2C1(O)c1c[nH]c2ccc(O)cc12. The fourth-order valence-corrected chi connectivity index (χ4v) is 3.30. The van der Waals surface area contributed by atoms with Crippen molar-refractivity contribution in [2.24, 2.45) is 0 Å². The minimum absolute atomic E-state index is 0.0739. The minimum Gasteiger partial charge on any atom is -0.508 e. The van der Waals surface area contributed by atoms with Gasteiger partial charge in [-0.05, 0) is 36.4 Å². The van der Waals surface area contributed by atoms with Crippen molar-refractivity contribution in [2.75, 3.05) is 5.32 Å². The zero-order chi connectivity index (χ0) is 15.5. The maximum Gasteiger partial charge on any atom is 0.265 e. The largest absolute Gasteiger partial charge is 0.508 e. The van der Waals surface area contributed by atoms with E-state index in [0.717, 1.165) is 9.99 Å². The Morgan fingerprint density at radius 3 is 2.73 bits per heavy atom. The average molecular weight is 359 g/mol. The molecule has 2 heterocycles. The molecule has 110 valence electrons. The number of aromatic nitrogens is 1. The molecule has 0 radical (unpaired) electrons. The Kier molecular flexibility index (Phi) is 2.64. The van der Waals surface area contributed by atoms with Gasteiger partial charge in [0.15, 0.2) is 5.60 Å². The molecule has 1 atom stereocenters. The smallest absolute Gasteiger partial charge is 0.265 e. The number of carbonyl (C=O) groups is 1. The Balaban J connectivity index is 2.03. The molecule has 1 aliphatic rings. The predicted octanol–water partition coefficient (Wildman–Crippen LogP) is 2.82. The monoisotopic (exact) mass is 358 g/mol. The number of nitrogens with one attached hydrogen (secondary N) is 2. The van der Waals surface area contributed by atoms with Gasteiger partial charge in [-0.1, -0.05) is 15.9 Å². The number of aromatic amines is 1. The molecule has 0 saturated carbocycles. The summed E-state index contributed by atoms with van der Waals surface area (Å²) in [5.41, 5.74) is 0.400. The number of hydrogen-bond acceptors (Lipinski definition) is 3. The second-order valence-electron chi connectivity index (χ2n) is 5.29. The van der Waals surface area contributed by atoms with Gasteiger partial charge < -0.3 is 20.5 Å². The van der Waals surface area contributed by atoms with E-state index in [1.807, 2.05) is 0 Å². The molecule has 1 aliphatic heterocycles. The fraction of sp³-hybridized carbons (Fsp3) is 0.0625. The molecule has 0 saturated heterocycles. The first-order valence-electron chi connectivity index (χ1n) is 6.64. The number of rotatable bonds is 1. The van der Waals surface area contributed by atoms with Gasteiger partial charge in [0.25, 0.3) is 5.91 Å². The third-order valence-corrected chi connectivity index (χ3v) is 4.50. The third kappa shape index (κ3) is 1.65. The van der Waals surface area contributed by atoms with E-state index < -0.39 is 11.5 Å². The summed E-state index contributed by atoms with van der Waals surface area (Å²) in [5.74, 6) is -0.435. The number of anilines is 1. The van der Waals surface area contributed by atoms with E-state index in [-0.39, 0.29) is 5.75 Å². The topological polar surface area (TPSA) is 85.4 Å². The normalized spacial score (nSPS) is 20.2. The highest BCUT2D eigenvalue weighted by Crippen LogP contribution is 2.44. The van der Waals surface area contributed by atoms with Gasteiger partial charge in [-0.15, -0.1) is 0 Å². The molecule has 0 aliphatic carbocycles. The molecule has 3 aromatic rings. The van der Waals surface area contributed by atoms with Gasteiger partial charge in [0.05, 0.1) is 0 Å². The van der Waals surface area contributed by atoms with Crippen molar-refractivity contribution in [2.45, 2.75) is 5.60 Å². The Morgan fingerprint density at radius 2 is 1.91 bits per heavy atom. The molecule has 0 fully saturated rings. The van der Waals surface area contributed by atoms with Crippen molar-refractivity contribution in [1.29, 1.82) is 0 Å². The van der Waals surface area contributed by atoms with Crippen LogP contribution in [0.2, 0.25) is 0 Å². The Morgan fingerprint density at radius 1 is 1.09 bits per heavy atom. The van der Waals surface area contributed by atoms with Gasteiger partial charge in [0, 0.05) is 38.4 Å². The molecule has 22 heavy (non-hydrogen) atoms. The first-order valence-corrected chi connectivity index (χ1v) is 7.44. The molecular formula is C16H11BrN2O3. The number of halogens is 1. The van der Waals surface area contributed by atoms with Gasteiger partial charge in [0.1, 0.15) is 5.75 Å². The van der Waals surface area contributed by atoms with Crippen molar-refractivity contribution in [1.82, 2.24) is 4.98 Å². The highest BCUT2D eigenvalue weighted by atomic mass is 79.9. The van der Waals surface area contributed by atoms with Gasteiger partial charge in [0.2, 0.25) is 0 Å². The highest BCUT2D eigenvalue weighted by molar-refractivity contribution is 9.10. The Bertz CT molecular complexity index is 934. The summed E-state index contributed by atoms with van der Waals surface area (Å²) in [7, 11) is 0. The van der Waals surface area contributed by atoms with Crippen LogP contribution in [0, 0.1) is 0 Å². The summed E-state index contributed by atoms with van der Waals surface area (Å²) in [5, 5.41) is 24.2. The lowest BCUT2D eigenvalue weighted by Gasteiger charge is -2.20. The molecule has 0 bridgehead atoms. The molecule has 1 unspecified atom stereocenters. The van der Waals surface area contributed by atoms with Gasteiger partial charge >= 0.3 is 0 Å². The van der Waals surface area contributed by atoms with Crippen LogP contribution in [0.1, 0.15) is 11.1 Å². The Labute approximate surface area is 133 Å². The van der Waals surface area contributed by atoms with Crippen LogP contribution in [0.4, 0.5) is 5.69 Å². The number of phenolic OH excluding ortho intramolecular Hbond substituents is 1. The molecule has 5 nitrogen and oxygen atoms in total. The van der Waals surface area contributed by atoms with E-state index in [1.165, 1.54) is 6.07 Å². The molecule has 1 amide bonds. The number of phenols is 1. The van der Waals surface area contributed by atoms with E-state index in [4.69, 9.17) is 0 Å². The number of aliphatic hydroxyl groups is 1. The maximum atomic E-state index is 12.4. The standard InChI is InChI=1S/C16H11BrN2O3/c17-8-1-3-14-11(5-8)16(22,15(21)19-14)12-7-18-13-4-2-9(20)6-10(12)13/h1-7,18,20,22H,(H,19,21). The molecule has 6 heteroatoms. The van der Waals surface area contributed by atoms with Crippen LogP contribution in [0.15, 0.2) is 47.1 Å². The second kappa shape index (κ2) is 4.34. The van der Waals surface area contributed by atoms with Crippen LogP contribution >= 0.6 is 15.9 Å². The molecule has 2 aromatic carbocycles. The van der Waals surface area contributed by atoms with Crippen LogP contribution in [-0.2, 0) is 10.4 Å². The molecule has 0 spiro atoms. The van der Waals surface area contributed by atoms with E-state index in [1.54, 1.807) is 36.5 Å². The molecule has 1 aromatic heterocycles. The average Bonchev–Trinajstić information content (AvgIpc) is 3.00. The van der Waals surface area contributed by atoms with Crippen molar-refractivity contribution >= 4 is 38.4 Å². The number of carbonyl (C=O) groups excluding carboxylic acids is 1. The van der Waals surface area contributed by atoms with Gasteiger partial charge in [-0.2, -0.15) is 0 Å². The summed E-state index contributed by atoms with van der Waals surface area (Å²) in [6.45, 7) is 0. The summed E-state index contributed by atoms with van der Waals surface area (Å²) < 4.78 is 0.767. The second-order valence-corrected chi connectivity index (χ2v) is 6.20. The zero-order valence-electron chi connectivity index (χ0n) is 11.2. The zero-order valence-corrected chi connectivity index (χ0v) is 12.8. The lowest BCUT2D eigenvalue weighted by molar-refractivity contribution is -0.129. The maximum absolute atomic E-state index is 12.4. The van der Waals surface area contributed by atoms with Crippen molar-refractivity contribution in [3.05, 3.63) is 58.2 Å². The molecular weight excluding hydrogens is 348 g/mol. The van der Waals surface area contributed by atoms with E-state index >= 15 is 0 Å². The van der Waals surface area contributed by atoms with Gasteiger partial charge in [-0.25, -0.2) is 0 Å². The number of aromatic hydroxyl groups is 1. The lowest BCUT2D eigenvalue weighted by atomic mass is 9.87. The predicted molar refractivity (Wildman–Crippen MR) is 85.7 cm³/mol. The third-order valence-electron chi connectivity index (χ3n) is 4.00. The first-order chi connectivity index (χ1) is 10.5. The van der Waals surface area contributed by atoms with Crippen molar-refractivity contribution in [3.8, 4) is 5.75 Å². The molecule has 4 N–H and O–H groups in total. The quantitative estimate of drug-likeness (QED) is 0.539. The van der Waals surface area contributed by atoms with Crippen molar-refractivity contribution in [3.63, 3.8) is 0 Å².